The minimum Gasteiger partial charge on any atom is -0.494 e. The summed E-state index contributed by atoms with van der Waals surface area (Å²) < 4.78 is 10.3. The van der Waals surface area contributed by atoms with Crippen molar-refractivity contribution in [3.63, 3.8) is 0 Å². The molecule has 0 bridgehead atoms. The predicted octanol–water partition coefficient (Wildman–Crippen LogP) is 3.34. The van der Waals surface area contributed by atoms with Gasteiger partial charge in [-0.25, -0.2) is 0 Å². The second-order valence-corrected chi connectivity index (χ2v) is 5.89. The van der Waals surface area contributed by atoms with Crippen LogP contribution in [0, 0.1) is 0 Å². The Morgan fingerprint density at radius 3 is 2.54 bits per heavy atom. The zero-order valence-electron chi connectivity index (χ0n) is 15.2. The number of hydrogen-bond acceptors (Lipinski definition) is 5. The first-order valence-electron chi connectivity index (χ1n) is 8.86. The molecule has 1 aromatic carbocycles. The van der Waals surface area contributed by atoms with E-state index in [9.17, 15) is 9.59 Å². The second kappa shape index (κ2) is 10.2. The molecule has 0 radical (unpaired) electrons. The standard InChI is InChI=1S/C19H25N3O4/c1-3-5-12-25-16-8-6-15(7-9-16)19(24)22(11-4-2)14-18(23)20-17-10-13-26-21-17/h6-10,13H,3-5,11-12,14H2,1-2H3,(H,20,21,23). The molecule has 140 valence electrons. The molecular weight excluding hydrogens is 334 g/mol. The molecule has 2 rings (SSSR count). The Morgan fingerprint density at radius 2 is 1.92 bits per heavy atom. The van der Waals surface area contributed by atoms with Gasteiger partial charge >= 0.3 is 0 Å². The Bertz CT molecular complexity index is 683. The van der Waals surface area contributed by atoms with E-state index in [0.29, 0.717) is 24.5 Å². The Morgan fingerprint density at radius 1 is 1.15 bits per heavy atom. The number of benzene rings is 1. The average Bonchev–Trinajstić information content (AvgIpc) is 3.14. The third-order valence-electron chi connectivity index (χ3n) is 3.69. The Hall–Kier alpha value is -2.83. The molecular formula is C19H25N3O4. The van der Waals surface area contributed by atoms with Crippen molar-refractivity contribution in [3.8, 4) is 5.75 Å². The van der Waals surface area contributed by atoms with E-state index in [1.54, 1.807) is 30.3 Å². The van der Waals surface area contributed by atoms with E-state index in [1.165, 1.54) is 11.2 Å². The van der Waals surface area contributed by atoms with Crippen molar-refractivity contribution in [2.45, 2.75) is 33.1 Å². The van der Waals surface area contributed by atoms with Crippen LogP contribution in [-0.2, 0) is 4.79 Å². The minimum atomic E-state index is -0.319. The van der Waals surface area contributed by atoms with E-state index >= 15 is 0 Å². The molecule has 0 spiro atoms. The maximum Gasteiger partial charge on any atom is 0.254 e. The molecule has 0 fully saturated rings. The maximum atomic E-state index is 12.7. The van der Waals surface area contributed by atoms with Crippen molar-refractivity contribution in [1.29, 1.82) is 0 Å². The number of rotatable bonds is 10. The van der Waals surface area contributed by atoms with Gasteiger partial charge in [0, 0.05) is 18.2 Å². The first-order chi connectivity index (χ1) is 12.6. The van der Waals surface area contributed by atoms with Crippen molar-refractivity contribution in [2.24, 2.45) is 0 Å². The number of nitrogens with zero attached hydrogens (tertiary/aromatic N) is 2. The molecule has 0 saturated heterocycles. The lowest BCUT2D eigenvalue weighted by Crippen LogP contribution is -2.38. The summed E-state index contributed by atoms with van der Waals surface area (Å²) in [6.07, 6.45) is 4.18. The van der Waals surface area contributed by atoms with Crippen molar-refractivity contribution in [3.05, 3.63) is 42.2 Å². The molecule has 26 heavy (non-hydrogen) atoms. The monoisotopic (exact) mass is 359 g/mol. The molecule has 1 heterocycles. The van der Waals surface area contributed by atoms with Gasteiger partial charge in [0.05, 0.1) is 6.61 Å². The van der Waals surface area contributed by atoms with Gasteiger partial charge in [0.25, 0.3) is 5.91 Å². The molecule has 0 aliphatic heterocycles. The molecule has 2 amide bonds. The Labute approximate surface area is 153 Å². The van der Waals surface area contributed by atoms with E-state index in [2.05, 4.69) is 21.9 Å². The van der Waals surface area contributed by atoms with Gasteiger partial charge in [0.1, 0.15) is 18.6 Å². The summed E-state index contributed by atoms with van der Waals surface area (Å²) in [5, 5.41) is 6.23. The smallest absolute Gasteiger partial charge is 0.254 e. The fourth-order valence-electron chi connectivity index (χ4n) is 2.37. The average molecular weight is 359 g/mol. The third kappa shape index (κ3) is 5.91. The molecule has 0 atom stereocenters. The third-order valence-corrected chi connectivity index (χ3v) is 3.69. The number of amides is 2. The highest BCUT2D eigenvalue weighted by atomic mass is 16.5. The van der Waals surface area contributed by atoms with Gasteiger partial charge in [0.2, 0.25) is 5.91 Å². The van der Waals surface area contributed by atoms with Crippen LogP contribution in [0.2, 0.25) is 0 Å². The number of unbranched alkanes of at least 4 members (excludes halogenated alkanes) is 1. The fourth-order valence-corrected chi connectivity index (χ4v) is 2.37. The van der Waals surface area contributed by atoms with E-state index in [4.69, 9.17) is 4.74 Å². The van der Waals surface area contributed by atoms with Gasteiger partial charge in [-0.2, -0.15) is 0 Å². The van der Waals surface area contributed by atoms with Crippen molar-refractivity contribution < 1.29 is 18.8 Å². The molecule has 0 aliphatic carbocycles. The maximum absolute atomic E-state index is 12.7. The number of ether oxygens (including phenoxy) is 1. The van der Waals surface area contributed by atoms with Crippen molar-refractivity contribution in [1.82, 2.24) is 10.1 Å². The second-order valence-electron chi connectivity index (χ2n) is 5.89. The van der Waals surface area contributed by atoms with E-state index in [-0.39, 0.29) is 18.4 Å². The molecule has 1 aromatic heterocycles. The quantitative estimate of drug-likeness (QED) is 0.658. The van der Waals surface area contributed by atoms with Gasteiger partial charge in [-0.1, -0.05) is 25.4 Å². The first-order valence-corrected chi connectivity index (χ1v) is 8.86. The van der Waals surface area contributed by atoms with Crippen LogP contribution in [0.25, 0.3) is 0 Å². The van der Waals surface area contributed by atoms with Crippen LogP contribution >= 0.6 is 0 Å². The zero-order valence-corrected chi connectivity index (χ0v) is 15.2. The molecule has 7 heteroatoms. The van der Waals surface area contributed by atoms with Crippen LogP contribution in [0.4, 0.5) is 5.82 Å². The first kappa shape index (κ1) is 19.5. The van der Waals surface area contributed by atoms with Crippen molar-refractivity contribution >= 4 is 17.6 Å². The summed E-state index contributed by atoms with van der Waals surface area (Å²) in [5.74, 6) is 0.552. The highest BCUT2D eigenvalue weighted by Gasteiger charge is 2.18. The number of anilines is 1. The van der Waals surface area contributed by atoms with Gasteiger partial charge in [-0.15, -0.1) is 0 Å². The van der Waals surface area contributed by atoms with Gasteiger partial charge < -0.3 is 19.5 Å². The summed E-state index contributed by atoms with van der Waals surface area (Å²) >= 11 is 0. The summed E-state index contributed by atoms with van der Waals surface area (Å²) in [7, 11) is 0. The number of aromatic nitrogens is 1. The van der Waals surface area contributed by atoms with Gasteiger partial charge in [-0.3, -0.25) is 9.59 Å². The number of nitrogens with one attached hydrogen (secondary N) is 1. The number of carbonyl (C=O) groups excluding carboxylic acids is 2. The molecule has 0 aliphatic rings. The summed E-state index contributed by atoms with van der Waals surface area (Å²) in [4.78, 5) is 26.4. The Kier molecular flexibility index (Phi) is 7.67. The molecule has 7 nitrogen and oxygen atoms in total. The largest absolute Gasteiger partial charge is 0.494 e. The van der Waals surface area contributed by atoms with E-state index in [1.807, 2.05) is 6.92 Å². The molecule has 0 saturated carbocycles. The van der Waals surface area contributed by atoms with Crippen molar-refractivity contribution in [2.75, 3.05) is 25.0 Å². The zero-order chi connectivity index (χ0) is 18.8. The number of carbonyl (C=O) groups is 2. The van der Waals surface area contributed by atoms with Crippen LogP contribution in [0.3, 0.4) is 0 Å². The van der Waals surface area contributed by atoms with Crippen LogP contribution in [0.5, 0.6) is 5.75 Å². The summed E-state index contributed by atoms with van der Waals surface area (Å²) in [6.45, 7) is 5.16. The lowest BCUT2D eigenvalue weighted by Gasteiger charge is -2.21. The summed E-state index contributed by atoms with van der Waals surface area (Å²) in [5.41, 5.74) is 0.524. The lowest BCUT2D eigenvalue weighted by molar-refractivity contribution is -0.116. The van der Waals surface area contributed by atoms with Gasteiger partial charge in [0.15, 0.2) is 5.82 Å². The minimum absolute atomic E-state index is 0.0473. The summed E-state index contributed by atoms with van der Waals surface area (Å²) in [6, 6.07) is 8.55. The van der Waals surface area contributed by atoms with Crippen LogP contribution in [0.1, 0.15) is 43.5 Å². The fraction of sp³-hybridized carbons (Fsp3) is 0.421. The lowest BCUT2D eigenvalue weighted by atomic mass is 10.2. The van der Waals surface area contributed by atoms with Crippen LogP contribution in [-0.4, -0.2) is 41.6 Å². The molecule has 1 N–H and O–H groups in total. The van der Waals surface area contributed by atoms with E-state index < -0.39 is 0 Å². The van der Waals surface area contributed by atoms with Crippen LogP contribution in [0.15, 0.2) is 41.1 Å². The number of hydrogen-bond donors (Lipinski definition) is 1. The Balaban J connectivity index is 1.96. The topological polar surface area (TPSA) is 84.7 Å². The molecule has 2 aromatic rings. The van der Waals surface area contributed by atoms with Gasteiger partial charge in [-0.05, 0) is 37.1 Å². The molecule has 0 unspecified atom stereocenters. The SMILES string of the molecule is CCCCOc1ccc(C(=O)N(CCC)CC(=O)Nc2ccon2)cc1. The van der Waals surface area contributed by atoms with Crippen LogP contribution < -0.4 is 10.1 Å². The highest BCUT2D eigenvalue weighted by Crippen LogP contribution is 2.15. The normalized spacial score (nSPS) is 10.4. The predicted molar refractivity (Wildman–Crippen MR) is 98.2 cm³/mol. The van der Waals surface area contributed by atoms with E-state index in [0.717, 1.165) is 25.0 Å². The highest BCUT2D eigenvalue weighted by molar-refractivity contribution is 5.99.